The Labute approximate surface area is 104 Å². The third kappa shape index (κ3) is 2.10. The Morgan fingerprint density at radius 3 is 2.35 bits per heavy atom. The highest BCUT2D eigenvalue weighted by Gasteiger charge is 2.46. The van der Waals surface area contributed by atoms with Crippen LogP contribution in [0.2, 0.25) is 0 Å². The lowest BCUT2D eigenvalue weighted by atomic mass is 9.95. The minimum Gasteiger partial charge on any atom is -0.328 e. The van der Waals surface area contributed by atoms with Crippen molar-refractivity contribution in [3.8, 4) is 0 Å². The van der Waals surface area contributed by atoms with Gasteiger partial charge in [0, 0.05) is 6.54 Å². The predicted molar refractivity (Wildman–Crippen MR) is 67.3 cm³/mol. The third-order valence-electron chi connectivity index (χ3n) is 5.01. The average molecular weight is 236 g/mol. The smallest absolute Gasteiger partial charge is 0.243 e. The molecule has 96 valence electrons. The molecule has 0 radical (unpaired) electrons. The van der Waals surface area contributed by atoms with Gasteiger partial charge in [0.05, 0.1) is 12.2 Å². The van der Waals surface area contributed by atoms with E-state index in [-0.39, 0.29) is 5.54 Å². The first-order valence-electron chi connectivity index (χ1n) is 7.18. The zero-order chi connectivity index (χ0) is 12.0. The van der Waals surface area contributed by atoms with E-state index in [2.05, 4.69) is 17.1 Å². The molecular formula is C14H24N2O. The van der Waals surface area contributed by atoms with Crippen molar-refractivity contribution in [2.75, 3.05) is 13.2 Å². The van der Waals surface area contributed by atoms with Crippen LogP contribution < -0.4 is 5.32 Å². The predicted octanol–water partition coefficient (Wildman–Crippen LogP) is 1.98. The summed E-state index contributed by atoms with van der Waals surface area (Å²) in [5.74, 6) is 3.00. The van der Waals surface area contributed by atoms with Gasteiger partial charge in [-0.15, -0.1) is 0 Å². The van der Waals surface area contributed by atoms with Crippen LogP contribution >= 0.6 is 0 Å². The number of hydrogen-bond acceptors (Lipinski definition) is 2. The molecule has 0 aromatic carbocycles. The lowest BCUT2D eigenvalue weighted by Crippen LogP contribution is -2.43. The number of carbonyl (C=O) groups excluding carboxylic acids is 1. The second-order valence-electron chi connectivity index (χ2n) is 6.39. The summed E-state index contributed by atoms with van der Waals surface area (Å²) in [5, 5.41) is 3.38. The van der Waals surface area contributed by atoms with E-state index in [9.17, 15) is 4.79 Å². The van der Waals surface area contributed by atoms with Crippen molar-refractivity contribution in [2.24, 2.45) is 17.8 Å². The summed E-state index contributed by atoms with van der Waals surface area (Å²) in [6.07, 6.45) is 6.51. The first kappa shape index (κ1) is 11.5. The first-order chi connectivity index (χ1) is 8.14. The fourth-order valence-corrected chi connectivity index (χ4v) is 3.18. The molecule has 3 aliphatic rings. The molecule has 0 aromatic heterocycles. The van der Waals surface area contributed by atoms with Gasteiger partial charge in [-0.05, 0) is 56.8 Å². The van der Waals surface area contributed by atoms with Crippen LogP contribution in [0.15, 0.2) is 0 Å². The number of amides is 1. The quantitative estimate of drug-likeness (QED) is 0.791. The molecule has 3 nitrogen and oxygen atoms in total. The molecule has 17 heavy (non-hydrogen) atoms. The average Bonchev–Trinajstić information content (AvgIpc) is 3.20. The molecule has 1 unspecified atom stereocenters. The zero-order valence-corrected chi connectivity index (χ0v) is 11.0. The van der Waals surface area contributed by atoms with Crippen LogP contribution in [-0.4, -0.2) is 29.6 Å². The summed E-state index contributed by atoms with van der Waals surface area (Å²) >= 11 is 0. The van der Waals surface area contributed by atoms with Gasteiger partial charge < -0.3 is 4.90 Å². The molecule has 2 saturated carbocycles. The molecule has 1 N–H and O–H groups in total. The molecule has 3 rings (SSSR count). The van der Waals surface area contributed by atoms with Gasteiger partial charge in [0.15, 0.2) is 0 Å². The third-order valence-corrected chi connectivity index (χ3v) is 5.01. The fraction of sp³-hybridized carbons (Fsp3) is 0.929. The van der Waals surface area contributed by atoms with Gasteiger partial charge in [-0.25, -0.2) is 0 Å². The SMILES string of the molecule is CCC1(C)NCN(CC(C2CC2)C2CC2)C1=O. The minimum atomic E-state index is -0.294. The van der Waals surface area contributed by atoms with E-state index in [1.165, 1.54) is 25.7 Å². The fourth-order valence-electron chi connectivity index (χ4n) is 3.18. The van der Waals surface area contributed by atoms with Gasteiger partial charge in [0.1, 0.15) is 0 Å². The Bertz CT molecular complexity index is 310. The molecular weight excluding hydrogens is 212 g/mol. The van der Waals surface area contributed by atoms with Crippen molar-refractivity contribution < 1.29 is 4.79 Å². The largest absolute Gasteiger partial charge is 0.328 e. The van der Waals surface area contributed by atoms with E-state index in [0.717, 1.165) is 37.4 Å². The number of nitrogens with one attached hydrogen (secondary N) is 1. The first-order valence-corrected chi connectivity index (χ1v) is 7.18. The maximum atomic E-state index is 12.3. The lowest BCUT2D eigenvalue weighted by molar-refractivity contribution is -0.132. The zero-order valence-electron chi connectivity index (χ0n) is 11.0. The molecule has 1 heterocycles. The molecule has 3 heteroatoms. The van der Waals surface area contributed by atoms with Crippen molar-refractivity contribution in [2.45, 2.75) is 51.5 Å². The Morgan fingerprint density at radius 2 is 1.94 bits per heavy atom. The second-order valence-corrected chi connectivity index (χ2v) is 6.39. The maximum Gasteiger partial charge on any atom is 0.243 e. The molecule has 0 aromatic rings. The standard InChI is InChI=1S/C14H24N2O/c1-3-14(2)13(17)16(9-15-14)8-12(10-4-5-10)11-6-7-11/h10-12,15H,3-9H2,1-2H3. The summed E-state index contributed by atoms with van der Waals surface area (Å²) in [7, 11) is 0. The normalized spacial score (nSPS) is 33.8. The van der Waals surface area contributed by atoms with Crippen LogP contribution in [0.1, 0.15) is 46.0 Å². The van der Waals surface area contributed by atoms with Gasteiger partial charge in [0.25, 0.3) is 0 Å². The van der Waals surface area contributed by atoms with E-state index in [1.807, 2.05) is 6.92 Å². The maximum absolute atomic E-state index is 12.3. The molecule has 1 aliphatic heterocycles. The van der Waals surface area contributed by atoms with Gasteiger partial charge in [0.2, 0.25) is 5.91 Å². The second kappa shape index (κ2) is 3.98. The highest BCUT2D eigenvalue weighted by molar-refractivity contribution is 5.87. The van der Waals surface area contributed by atoms with E-state index in [4.69, 9.17) is 0 Å². The Hall–Kier alpha value is -0.570. The van der Waals surface area contributed by atoms with Gasteiger partial charge >= 0.3 is 0 Å². The summed E-state index contributed by atoms with van der Waals surface area (Å²) in [5.41, 5.74) is -0.294. The van der Waals surface area contributed by atoms with E-state index < -0.39 is 0 Å². The van der Waals surface area contributed by atoms with Crippen molar-refractivity contribution in [1.29, 1.82) is 0 Å². The molecule has 1 atom stereocenters. The van der Waals surface area contributed by atoms with Crippen LogP contribution in [0.3, 0.4) is 0 Å². The highest BCUT2D eigenvalue weighted by atomic mass is 16.2. The highest BCUT2D eigenvalue weighted by Crippen LogP contribution is 2.49. The Balaban J connectivity index is 1.63. The molecule has 1 amide bonds. The van der Waals surface area contributed by atoms with Crippen molar-refractivity contribution in [1.82, 2.24) is 10.2 Å². The van der Waals surface area contributed by atoms with E-state index >= 15 is 0 Å². The van der Waals surface area contributed by atoms with E-state index in [1.54, 1.807) is 0 Å². The van der Waals surface area contributed by atoms with Crippen LogP contribution in [0.4, 0.5) is 0 Å². The van der Waals surface area contributed by atoms with Crippen LogP contribution in [-0.2, 0) is 4.79 Å². The van der Waals surface area contributed by atoms with Crippen LogP contribution in [0, 0.1) is 17.8 Å². The van der Waals surface area contributed by atoms with Crippen molar-refractivity contribution >= 4 is 5.91 Å². The number of carbonyl (C=O) groups is 1. The topological polar surface area (TPSA) is 32.3 Å². The lowest BCUT2D eigenvalue weighted by Gasteiger charge is -2.25. The summed E-state index contributed by atoms with van der Waals surface area (Å²) in [6.45, 7) is 5.90. The molecule has 1 saturated heterocycles. The number of hydrogen-bond donors (Lipinski definition) is 1. The van der Waals surface area contributed by atoms with Crippen LogP contribution in [0.5, 0.6) is 0 Å². The molecule has 3 fully saturated rings. The number of rotatable bonds is 5. The molecule has 0 bridgehead atoms. The molecule has 0 spiro atoms. The van der Waals surface area contributed by atoms with Crippen LogP contribution in [0.25, 0.3) is 0 Å². The van der Waals surface area contributed by atoms with Gasteiger partial charge in [-0.1, -0.05) is 6.92 Å². The van der Waals surface area contributed by atoms with E-state index in [0.29, 0.717) is 5.91 Å². The van der Waals surface area contributed by atoms with Gasteiger partial charge in [-0.2, -0.15) is 0 Å². The minimum absolute atomic E-state index is 0.294. The Morgan fingerprint density at radius 1 is 1.35 bits per heavy atom. The van der Waals surface area contributed by atoms with Crippen molar-refractivity contribution in [3.05, 3.63) is 0 Å². The summed E-state index contributed by atoms with van der Waals surface area (Å²) in [4.78, 5) is 14.4. The monoisotopic (exact) mass is 236 g/mol. The van der Waals surface area contributed by atoms with Crippen molar-refractivity contribution in [3.63, 3.8) is 0 Å². The summed E-state index contributed by atoms with van der Waals surface area (Å²) in [6, 6.07) is 0. The molecule has 2 aliphatic carbocycles. The summed E-state index contributed by atoms with van der Waals surface area (Å²) < 4.78 is 0. The number of nitrogens with zero attached hydrogens (tertiary/aromatic N) is 1. The van der Waals surface area contributed by atoms with Gasteiger partial charge in [-0.3, -0.25) is 10.1 Å². The Kier molecular flexibility index (Phi) is 2.69.